The summed E-state index contributed by atoms with van der Waals surface area (Å²) >= 11 is 0. The molecule has 0 aromatic carbocycles. The number of nitrogens with zero attached hydrogens (tertiary/aromatic N) is 2. The van der Waals surface area contributed by atoms with Crippen LogP contribution in [0.2, 0.25) is 0 Å². The van der Waals surface area contributed by atoms with E-state index in [4.69, 9.17) is 15.9 Å². The van der Waals surface area contributed by atoms with Gasteiger partial charge in [-0.05, 0) is 45.4 Å². The van der Waals surface area contributed by atoms with E-state index in [-0.39, 0.29) is 6.09 Å². The molecule has 6 nitrogen and oxygen atoms in total. The number of nitrogens with two attached hydrogens (primary N) is 1. The fourth-order valence-corrected chi connectivity index (χ4v) is 2.38. The van der Waals surface area contributed by atoms with Gasteiger partial charge in [0, 0.05) is 25.5 Å². The summed E-state index contributed by atoms with van der Waals surface area (Å²) in [5.74, 6) is 0. The number of hydrogen-bond donors (Lipinski definition) is 2. The predicted molar refractivity (Wildman–Crippen MR) is 85.0 cm³/mol. The molecule has 0 unspecified atom stereocenters. The van der Waals surface area contributed by atoms with Crippen LogP contribution in [0.1, 0.15) is 33.3 Å². The zero-order chi connectivity index (χ0) is 16.5. The van der Waals surface area contributed by atoms with Crippen molar-refractivity contribution < 1.29 is 9.53 Å². The van der Waals surface area contributed by atoms with Crippen molar-refractivity contribution in [3.05, 3.63) is 35.5 Å². The number of rotatable bonds is 2. The van der Waals surface area contributed by atoms with Crippen LogP contribution in [-0.4, -0.2) is 34.3 Å². The Bertz CT molecular complexity index is 649. The number of allylic oxidation sites excluding steroid dienone is 1. The maximum atomic E-state index is 12.0. The molecule has 0 aliphatic carbocycles. The second kappa shape index (κ2) is 5.61. The monoisotopic (exact) mass is 304 g/mol. The number of amides is 1. The minimum atomic E-state index is -0.609. The number of aromatic nitrogens is 1. The highest BCUT2D eigenvalue weighted by atomic mass is 16.6. The third kappa shape index (κ3) is 3.39. The zero-order valence-corrected chi connectivity index (χ0v) is 13.6. The van der Waals surface area contributed by atoms with Gasteiger partial charge < -0.3 is 19.9 Å². The minimum Gasteiger partial charge on any atom is -0.444 e. The summed E-state index contributed by atoms with van der Waals surface area (Å²) < 4.78 is 7.03. The SMILES string of the molecule is C/C=C\n1ccc(C2(N)CN(C(=O)OC(C)(C)C)C2)cc1=N. The van der Waals surface area contributed by atoms with Crippen molar-refractivity contribution in [2.75, 3.05) is 13.1 Å². The van der Waals surface area contributed by atoms with E-state index in [1.165, 1.54) is 0 Å². The molecule has 120 valence electrons. The Balaban J connectivity index is 2.08. The summed E-state index contributed by atoms with van der Waals surface area (Å²) in [6.45, 7) is 8.21. The summed E-state index contributed by atoms with van der Waals surface area (Å²) in [5, 5.41) is 8.00. The quantitative estimate of drug-likeness (QED) is 0.874. The van der Waals surface area contributed by atoms with Crippen molar-refractivity contribution in [2.45, 2.75) is 38.8 Å². The fraction of sp³-hybridized carbons (Fsp3) is 0.500. The van der Waals surface area contributed by atoms with E-state index < -0.39 is 11.1 Å². The Morgan fingerprint density at radius 1 is 1.45 bits per heavy atom. The van der Waals surface area contributed by atoms with Gasteiger partial charge in [0.05, 0.1) is 5.54 Å². The summed E-state index contributed by atoms with van der Waals surface area (Å²) in [5.41, 5.74) is 6.45. The Kier molecular flexibility index (Phi) is 4.15. The first-order valence-electron chi connectivity index (χ1n) is 7.31. The first kappa shape index (κ1) is 16.3. The maximum Gasteiger partial charge on any atom is 0.410 e. The van der Waals surface area contributed by atoms with Crippen LogP contribution in [0.5, 0.6) is 0 Å². The molecule has 1 aliphatic rings. The van der Waals surface area contributed by atoms with E-state index in [2.05, 4.69) is 0 Å². The standard InChI is InChI=1S/C16H24N4O2/c1-5-7-19-8-6-12(9-13(19)17)16(18)10-20(11-16)14(21)22-15(2,3)4/h5-9,17H,10-11,18H2,1-4H3/b7-5-,17-13?. The molecule has 3 N–H and O–H groups in total. The number of nitrogens with one attached hydrogen (secondary N) is 1. The number of pyridine rings is 1. The third-order valence-electron chi connectivity index (χ3n) is 3.47. The molecule has 2 rings (SSSR count). The minimum absolute atomic E-state index is 0.348. The van der Waals surface area contributed by atoms with Gasteiger partial charge >= 0.3 is 6.09 Å². The number of carbonyl (C=O) groups is 1. The lowest BCUT2D eigenvalue weighted by molar-refractivity contribution is -0.00892. The molecule has 0 radical (unpaired) electrons. The summed E-state index contributed by atoms with van der Waals surface area (Å²) in [4.78, 5) is 13.5. The van der Waals surface area contributed by atoms with E-state index in [9.17, 15) is 4.79 Å². The van der Waals surface area contributed by atoms with Crippen LogP contribution in [0.25, 0.3) is 6.20 Å². The van der Waals surface area contributed by atoms with Crippen LogP contribution in [0.4, 0.5) is 4.79 Å². The van der Waals surface area contributed by atoms with Gasteiger partial charge in [0.1, 0.15) is 11.1 Å². The van der Waals surface area contributed by atoms with Crippen molar-refractivity contribution in [1.29, 1.82) is 5.41 Å². The number of carbonyl (C=O) groups excluding carboxylic acids is 1. The summed E-state index contributed by atoms with van der Waals surface area (Å²) in [7, 11) is 0. The Morgan fingerprint density at radius 3 is 2.59 bits per heavy atom. The third-order valence-corrected chi connectivity index (χ3v) is 3.47. The Morgan fingerprint density at radius 2 is 2.09 bits per heavy atom. The molecule has 0 saturated carbocycles. The van der Waals surface area contributed by atoms with Crippen LogP contribution in [-0.2, 0) is 10.3 Å². The number of ether oxygens (including phenoxy) is 1. The number of likely N-dealkylation sites (tertiary alicyclic amines) is 1. The van der Waals surface area contributed by atoms with Gasteiger partial charge in [-0.2, -0.15) is 0 Å². The van der Waals surface area contributed by atoms with E-state index in [0.29, 0.717) is 18.6 Å². The first-order valence-corrected chi connectivity index (χ1v) is 7.31. The molecule has 1 amide bonds. The maximum absolute atomic E-state index is 12.0. The van der Waals surface area contributed by atoms with Crippen molar-refractivity contribution in [2.24, 2.45) is 5.73 Å². The normalized spacial score (nSPS) is 17.4. The van der Waals surface area contributed by atoms with E-state index >= 15 is 0 Å². The van der Waals surface area contributed by atoms with Gasteiger partial charge in [-0.15, -0.1) is 0 Å². The highest BCUT2D eigenvalue weighted by Crippen LogP contribution is 2.29. The molecule has 22 heavy (non-hydrogen) atoms. The van der Waals surface area contributed by atoms with Crippen molar-refractivity contribution in [3.63, 3.8) is 0 Å². The smallest absolute Gasteiger partial charge is 0.410 e. The van der Waals surface area contributed by atoms with Crippen LogP contribution in [0.3, 0.4) is 0 Å². The number of hydrogen-bond acceptors (Lipinski definition) is 4. The van der Waals surface area contributed by atoms with Crippen molar-refractivity contribution >= 4 is 12.3 Å². The molecule has 0 atom stereocenters. The second-order valence-corrected chi connectivity index (χ2v) is 6.68. The topological polar surface area (TPSA) is 84.3 Å². The Hall–Kier alpha value is -2.08. The molecule has 6 heteroatoms. The predicted octanol–water partition coefficient (Wildman–Crippen LogP) is 1.86. The zero-order valence-electron chi connectivity index (χ0n) is 13.6. The molecular weight excluding hydrogens is 280 g/mol. The summed E-state index contributed by atoms with van der Waals surface area (Å²) in [6.07, 6.45) is 5.13. The van der Waals surface area contributed by atoms with Crippen LogP contribution in [0.15, 0.2) is 24.4 Å². The van der Waals surface area contributed by atoms with Gasteiger partial charge in [0.25, 0.3) is 0 Å². The Labute approximate surface area is 130 Å². The largest absolute Gasteiger partial charge is 0.444 e. The first-order chi connectivity index (χ1) is 10.1. The lowest BCUT2D eigenvalue weighted by Gasteiger charge is -2.47. The fourth-order valence-electron chi connectivity index (χ4n) is 2.38. The average Bonchev–Trinajstić information content (AvgIpc) is 2.35. The van der Waals surface area contributed by atoms with E-state index in [0.717, 1.165) is 5.56 Å². The van der Waals surface area contributed by atoms with Crippen molar-refractivity contribution in [1.82, 2.24) is 9.47 Å². The molecule has 1 aromatic heterocycles. The van der Waals surface area contributed by atoms with Crippen molar-refractivity contribution in [3.8, 4) is 0 Å². The molecule has 1 aromatic rings. The van der Waals surface area contributed by atoms with Gasteiger partial charge in [0.15, 0.2) is 0 Å². The van der Waals surface area contributed by atoms with Crippen LogP contribution < -0.4 is 11.2 Å². The molecular formula is C16H24N4O2. The molecule has 2 heterocycles. The summed E-state index contributed by atoms with van der Waals surface area (Å²) in [6, 6.07) is 3.64. The van der Waals surface area contributed by atoms with Gasteiger partial charge in [-0.1, -0.05) is 6.08 Å². The van der Waals surface area contributed by atoms with Crippen LogP contribution >= 0.6 is 0 Å². The second-order valence-electron chi connectivity index (χ2n) is 6.68. The van der Waals surface area contributed by atoms with Gasteiger partial charge in [-0.3, -0.25) is 5.41 Å². The van der Waals surface area contributed by atoms with Gasteiger partial charge in [-0.25, -0.2) is 4.79 Å². The van der Waals surface area contributed by atoms with Gasteiger partial charge in [0.2, 0.25) is 0 Å². The lowest BCUT2D eigenvalue weighted by atomic mass is 9.84. The highest BCUT2D eigenvalue weighted by molar-refractivity contribution is 5.70. The average molecular weight is 304 g/mol. The van der Waals surface area contributed by atoms with Crippen LogP contribution in [0, 0.1) is 5.41 Å². The molecule has 1 fully saturated rings. The lowest BCUT2D eigenvalue weighted by Crippen LogP contribution is -2.66. The molecule has 0 bridgehead atoms. The highest BCUT2D eigenvalue weighted by Gasteiger charge is 2.44. The molecule has 1 saturated heterocycles. The molecule has 1 aliphatic heterocycles. The van der Waals surface area contributed by atoms with E-state index in [1.54, 1.807) is 15.5 Å². The van der Waals surface area contributed by atoms with E-state index in [1.807, 2.05) is 52.2 Å². The molecule has 0 spiro atoms.